The molecule has 0 aromatic rings. The number of ether oxygens (including phenoxy) is 3. The van der Waals surface area contributed by atoms with Crippen molar-refractivity contribution >= 4 is 38.1 Å². The number of amides is 4. The van der Waals surface area contributed by atoms with Gasteiger partial charge in [-0.2, -0.15) is 5.26 Å². The third-order valence-electron chi connectivity index (χ3n) is 7.10. The molecular formula is C32H57N6O10P. The van der Waals surface area contributed by atoms with Crippen LogP contribution in [-0.4, -0.2) is 130 Å². The second kappa shape index (κ2) is 26.9. The Bertz CT molecular complexity index is 1040. The predicted molar refractivity (Wildman–Crippen MR) is 182 cm³/mol. The first-order valence-corrected chi connectivity index (χ1v) is 18.2. The molecule has 0 saturated carbocycles. The van der Waals surface area contributed by atoms with Gasteiger partial charge < -0.3 is 44.1 Å². The maximum atomic E-state index is 12.1. The zero-order valence-corrected chi connectivity index (χ0v) is 30.7. The standard InChI is InChI=1S/C32H57N6O10P/c1-25(2)38(26(3)4)49(47-14-8-12-33)48-20-18-45-16-15-44-17-19-46-32(43)23-36-30(41)22-35-29(40)21-34-28(39)9-6-7-10-31(42)37-13-11-27(5)24-37/h25-27H,6-11,13-24H2,1-5H3,(H,34,39)(H,35,40)(H,36,41)/t27-,49?/m0/s1. The van der Waals surface area contributed by atoms with Gasteiger partial charge in [-0.15, -0.1) is 0 Å². The average molecular weight is 717 g/mol. The number of likely N-dealkylation sites (tertiary alicyclic amines) is 1. The smallest absolute Gasteiger partial charge is 0.325 e. The van der Waals surface area contributed by atoms with Crippen LogP contribution in [0.15, 0.2) is 0 Å². The lowest BCUT2D eigenvalue weighted by Crippen LogP contribution is -2.43. The van der Waals surface area contributed by atoms with Crippen LogP contribution in [0, 0.1) is 17.2 Å². The van der Waals surface area contributed by atoms with Gasteiger partial charge in [-0.3, -0.25) is 24.0 Å². The molecule has 4 amide bonds. The Labute approximate surface area is 292 Å². The van der Waals surface area contributed by atoms with E-state index in [9.17, 15) is 24.0 Å². The summed E-state index contributed by atoms with van der Waals surface area (Å²) in [6.07, 6.45) is 3.07. The first-order valence-electron chi connectivity index (χ1n) is 17.0. The summed E-state index contributed by atoms with van der Waals surface area (Å²) in [7, 11) is -1.32. The van der Waals surface area contributed by atoms with Crippen molar-refractivity contribution in [1.29, 1.82) is 5.26 Å². The quantitative estimate of drug-likeness (QED) is 0.0632. The number of nitrogens with one attached hydrogen (secondary N) is 3. The summed E-state index contributed by atoms with van der Waals surface area (Å²) in [5.74, 6) is -1.46. The number of hydrogen-bond donors (Lipinski definition) is 3. The lowest BCUT2D eigenvalue weighted by molar-refractivity contribution is -0.145. The molecule has 2 atom stereocenters. The largest absolute Gasteiger partial charge is 0.462 e. The zero-order chi connectivity index (χ0) is 36.4. The number of hydrogen-bond acceptors (Lipinski definition) is 12. The molecule has 49 heavy (non-hydrogen) atoms. The van der Waals surface area contributed by atoms with Crippen molar-refractivity contribution in [1.82, 2.24) is 25.5 Å². The van der Waals surface area contributed by atoms with Gasteiger partial charge in [0.2, 0.25) is 23.6 Å². The molecule has 1 aliphatic heterocycles. The summed E-state index contributed by atoms with van der Waals surface area (Å²) >= 11 is 0. The third-order valence-corrected chi connectivity index (χ3v) is 9.21. The molecule has 1 fully saturated rings. The molecule has 0 aromatic heterocycles. The molecule has 16 nitrogen and oxygen atoms in total. The minimum Gasteiger partial charge on any atom is -0.462 e. The molecule has 1 heterocycles. The zero-order valence-electron chi connectivity index (χ0n) is 29.8. The van der Waals surface area contributed by atoms with E-state index in [4.69, 9.17) is 28.5 Å². The van der Waals surface area contributed by atoms with Gasteiger partial charge in [0.1, 0.15) is 13.2 Å². The van der Waals surface area contributed by atoms with E-state index in [1.165, 1.54) is 0 Å². The second-order valence-electron chi connectivity index (χ2n) is 12.1. The summed E-state index contributed by atoms with van der Waals surface area (Å²) in [5, 5.41) is 16.0. The van der Waals surface area contributed by atoms with Gasteiger partial charge in [0, 0.05) is 38.0 Å². The molecule has 0 bridgehead atoms. The van der Waals surface area contributed by atoms with Gasteiger partial charge in [-0.05, 0) is 52.9 Å². The van der Waals surface area contributed by atoms with Crippen molar-refractivity contribution < 1.29 is 47.2 Å². The van der Waals surface area contributed by atoms with Crippen molar-refractivity contribution in [3.05, 3.63) is 0 Å². The van der Waals surface area contributed by atoms with E-state index in [2.05, 4.69) is 61.3 Å². The summed E-state index contributed by atoms with van der Waals surface area (Å²) in [5.41, 5.74) is 0. The lowest BCUT2D eigenvalue weighted by Gasteiger charge is -2.35. The molecule has 3 N–H and O–H groups in total. The van der Waals surface area contributed by atoms with E-state index in [0.29, 0.717) is 58.0 Å². The molecule has 280 valence electrons. The Kier molecular flexibility index (Phi) is 24.2. The Morgan fingerprint density at radius 1 is 0.796 bits per heavy atom. The highest BCUT2D eigenvalue weighted by atomic mass is 31.2. The van der Waals surface area contributed by atoms with E-state index in [-0.39, 0.29) is 69.8 Å². The highest BCUT2D eigenvalue weighted by molar-refractivity contribution is 7.44. The van der Waals surface area contributed by atoms with Crippen molar-refractivity contribution in [2.24, 2.45) is 5.92 Å². The van der Waals surface area contributed by atoms with E-state index in [0.717, 1.165) is 19.5 Å². The Balaban J connectivity index is 2.02. The number of nitrogens with zero attached hydrogens (tertiary/aromatic N) is 3. The van der Waals surface area contributed by atoms with Crippen molar-refractivity contribution in [2.75, 3.05) is 79.0 Å². The fourth-order valence-electron chi connectivity index (χ4n) is 4.70. The van der Waals surface area contributed by atoms with Crippen molar-refractivity contribution in [3.63, 3.8) is 0 Å². The summed E-state index contributed by atoms with van der Waals surface area (Å²) < 4.78 is 29.8. The fraction of sp³-hybridized carbons (Fsp3) is 0.812. The number of rotatable bonds is 27. The Morgan fingerprint density at radius 3 is 1.94 bits per heavy atom. The van der Waals surface area contributed by atoms with Crippen LogP contribution in [-0.2, 0) is 47.2 Å². The SMILES string of the molecule is CC(C)N(C(C)C)P(OCCC#N)OCCOCCOCCOC(=O)CNC(=O)CNC(=O)CNC(=O)CCCCC(=O)N1CC[C@H](C)C1. The Hall–Kier alpha value is -2.93. The van der Waals surface area contributed by atoms with Gasteiger partial charge >= 0.3 is 5.97 Å². The number of carbonyl (C=O) groups is 5. The van der Waals surface area contributed by atoms with Gasteiger partial charge in [0.15, 0.2) is 0 Å². The van der Waals surface area contributed by atoms with E-state index < -0.39 is 26.3 Å². The van der Waals surface area contributed by atoms with Gasteiger partial charge in [-0.1, -0.05) is 6.92 Å². The monoisotopic (exact) mass is 716 g/mol. The molecule has 17 heteroatoms. The third kappa shape index (κ3) is 21.7. The van der Waals surface area contributed by atoms with Crippen LogP contribution in [0.3, 0.4) is 0 Å². The maximum Gasteiger partial charge on any atom is 0.325 e. The maximum absolute atomic E-state index is 12.1. The number of esters is 1. The number of nitriles is 1. The number of carbonyl (C=O) groups excluding carboxylic acids is 5. The fourth-order valence-corrected chi connectivity index (χ4v) is 6.27. The van der Waals surface area contributed by atoms with Crippen LogP contribution >= 0.6 is 8.53 Å². The topological polar surface area (TPSA) is 198 Å². The van der Waals surface area contributed by atoms with E-state index in [1.807, 2.05) is 4.90 Å². The minimum atomic E-state index is -1.32. The van der Waals surface area contributed by atoms with Gasteiger partial charge in [-0.25, -0.2) is 4.67 Å². The molecule has 0 aliphatic carbocycles. The molecule has 1 rings (SSSR count). The summed E-state index contributed by atoms with van der Waals surface area (Å²) in [6, 6.07) is 2.49. The average Bonchev–Trinajstić information content (AvgIpc) is 3.50. The van der Waals surface area contributed by atoms with Gasteiger partial charge in [0.05, 0.1) is 65.2 Å². The van der Waals surface area contributed by atoms with Crippen LogP contribution in [0.1, 0.15) is 73.1 Å². The highest BCUT2D eigenvalue weighted by Gasteiger charge is 2.27. The molecule has 1 aliphatic rings. The van der Waals surface area contributed by atoms with Crippen molar-refractivity contribution in [2.45, 2.75) is 85.2 Å². The van der Waals surface area contributed by atoms with Crippen LogP contribution < -0.4 is 16.0 Å². The van der Waals surface area contributed by atoms with Crippen molar-refractivity contribution in [3.8, 4) is 6.07 Å². The van der Waals surface area contributed by atoms with Crippen LogP contribution in [0.2, 0.25) is 0 Å². The van der Waals surface area contributed by atoms with E-state index >= 15 is 0 Å². The first kappa shape index (κ1) is 44.1. The van der Waals surface area contributed by atoms with Crippen LogP contribution in [0.25, 0.3) is 0 Å². The second-order valence-corrected chi connectivity index (χ2v) is 13.5. The van der Waals surface area contributed by atoms with E-state index in [1.54, 1.807) is 0 Å². The molecule has 1 unspecified atom stereocenters. The molecule has 0 radical (unpaired) electrons. The van der Waals surface area contributed by atoms with Crippen LogP contribution in [0.5, 0.6) is 0 Å². The number of unbranched alkanes of at least 4 members (excludes halogenated alkanes) is 1. The van der Waals surface area contributed by atoms with Gasteiger partial charge in [0.25, 0.3) is 8.53 Å². The molecule has 1 saturated heterocycles. The predicted octanol–water partition coefficient (Wildman–Crippen LogP) is 1.63. The van der Waals surface area contributed by atoms with Crippen LogP contribution in [0.4, 0.5) is 0 Å². The summed E-state index contributed by atoms with van der Waals surface area (Å²) in [6.45, 7) is 12.6. The highest BCUT2D eigenvalue weighted by Crippen LogP contribution is 2.45. The lowest BCUT2D eigenvalue weighted by atomic mass is 10.1. The molecular weight excluding hydrogens is 659 g/mol. The first-order chi connectivity index (χ1) is 23.4. The normalized spacial score (nSPS) is 14.9. The minimum absolute atomic E-state index is 0.00710. The molecule has 0 spiro atoms. The summed E-state index contributed by atoms with van der Waals surface area (Å²) in [4.78, 5) is 61.7. The molecule has 0 aromatic carbocycles. The Morgan fingerprint density at radius 2 is 1.35 bits per heavy atom.